The van der Waals surface area contributed by atoms with Crippen molar-refractivity contribution in [2.45, 2.75) is 112 Å². The molecule has 13 heteroatoms. The Kier molecular flexibility index (Phi) is 15.4. The fourth-order valence-corrected chi connectivity index (χ4v) is 4.87. The van der Waals surface area contributed by atoms with Crippen LogP contribution >= 0.6 is 0 Å². The molecule has 0 amide bonds. The van der Waals surface area contributed by atoms with Gasteiger partial charge in [0, 0.05) is 6.07 Å². The van der Waals surface area contributed by atoms with Gasteiger partial charge in [0.05, 0.1) is 18.5 Å². The normalized spacial score (nSPS) is 12.0. The topological polar surface area (TPSA) is 139 Å². The lowest BCUT2D eigenvalue weighted by Crippen LogP contribution is -2.40. The minimum absolute atomic E-state index is 0.0392. The van der Waals surface area contributed by atoms with Crippen molar-refractivity contribution in [3.05, 3.63) is 42.0 Å². The van der Waals surface area contributed by atoms with Gasteiger partial charge >= 0.3 is 23.9 Å². The highest BCUT2D eigenvalue weighted by Gasteiger charge is 2.28. The van der Waals surface area contributed by atoms with Crippen molar-refractivity contribution in [2.24, 2.45) is 0 Å². The Bertz CT molecular complexity index is 1500. The van der Waals surface area contributed by atoms with E-state index in [1.807, 2.05) is 13.0 Å². The number of aryl methyl sites for hydroxylation is 1. The van der Waals surface area contributed by atoms with Gasteiger partial charge in [-0.1, -0.05) is 6.07 Å². The van der Waals surface area contributed by atoms with Gasteiger partial charge in [0.15, 0.2) is 0 Å². The Labute approximate surface area is 315 Å². The first-order chi connectivity index (χ1) is 24.2. The summed E-state index contributed by atoms with van der Waals surface area (Å²) in [5.41, 5.74) is -1.18. The second kappa shape index (κ2) is 18.4. The Morgan fingerprint density at radius 3 is 1.26 bits per heavy atom. The average Bonchev–Trinajstić information content (AvgIpc) is 2.95. The second-order valence-electron chi connectivity index (χ2n) is 16.6. The lowest BCUT2D eigenvalue weighted by molar-refractivity contribution is -0.156. The molecule has 53 heavy (non-hydrogen) atoms. The number of ether oxygens (including phenoxy) is 7. The van der Waals surface area contributed by atoms with Gasteiger partial charge in [0.1, 0.15) is 79.0 Å². The van der Waals surface area contributed by atoms with Crippen molar-refractivity contribution in [3.8, 4) is 17.2 Å². The molecule has 0 saturated heterocycles. The molecule has 0 unspecified atom stereocenters. The molecule has 0 aliphatic heterocycles. The highest BCUT2D eigenvalue weighted by molar-refractivity contribution is 5.84. The van der Waals surface area contributed by atoms with Crippen molar-refractivity contribution < 1.29 is 52.3 Å². The standard InChI is InChI=1S/C40H60N2O11/c1-27-15-17-29(41(23-33(43)50-37(2,3)4)24-34(44)51-38(5,6)7)32(21-27)49-20-19-48-31-18-16-28(47-14)22-30(31)42(25-35(45)52-39(8,9)10)26-36(46)53-40(11,12)13/h15-18,21-22H,19-20,23-26H2,1-14H3. The highest BCUT2D eigenvalue weighted by atomic mass is 16.6. The fourth-order valence-electron chi connectivity index (χ4n) is 4.87. The third-order valence-electron chi connectivity index (χ3n) is 6.52. The van der Waals surface area contributed by atoms with Crippen molar-refractivity contribution in [1.82, 2.24) is 0 Å². The van der Waals surface area contributed by atoms with E-state index in [1.54, 1.807) is 118 Å². The summed E-state index contributed by atoms with van der Waals surface area (Å²) in [5, 5.41) is 0. The minimum atomic E-state index is -0.746. The summed E-state index contributed by atoms with van der Waals surface area (Å²) in [7, 11) is 1.51. The number of nitrogens with zero attached hydrogens (tertiary/aromatic N) is 2. The minimum Gasteiger partial charge on any atom is -0.497 e. The highest BCUT2D eigenvalue weighted by Crippen LogP contribution is 2.34. The number of carbonyl (C=O) groups excluding carboxylic acids is 4. The van der Waals surface area contributed by atoms with Gasteiger partial charge in [0.2, 0.25) is 0 Å². The molecule has 13 nitrogen and oxygen atoms in total. The number of hydrogen-bond donors (Lipinski definition) is 0. The van der Waals surface area contributed by atoms with Crippen LogP contribution in [0.3, 0.4) is 0 Å². The third kappa shape index (κ3) is 17.6. The maximum absolute atomic E-state index is 13.0. The molecule has 0 fully saturated rings. The second-order valence-corrected chi connectivity index (χ2v) is 16.6. The van der Waals surface area contributed by atoms with E-state index in [4.69, 9.17) is 33.2 Å². The zero-order valence-corrected chi connectivity index (χ0v) is 34.1. The van der Waals surface area contributed by atoms with Crippen molar-refractivity contribution >= 4 is 35.3 Å². The molecule has 0 radical (unpaired) electrons. The molecule has 0 N–H and O–H groups in total. The van der Waals surface area contributed by atoms with Crippen LogP contribution < -0.4 is 24.0 Å². The molecule has 0 aliphatic carbocycles. The summed E-state index contributed by atoms with van der Waals surface area (Å²) >= 11 is 0. The molecule has 296 valence electrons. The molecule has 2 rings (SSSR count). The van der Waals surface area contributed by atoms with Crippen LogP contribution in [0.5, 0.6) is 17.2 Å². The zero-order valence-electron chi connectivity index (χ0n) is 34.1. The van der Waals surface area contributed by atoms with Crippen LogP contribution in [0.15, 0.2) is 36.4 Å². The zero-order chi connectivity index (χ0) is 40.4. The molecule has 0 saturated carbocycles. The molecule has 2 aromatic carbocycles. The van der Waals surface area contributed by atoms with Gasteiger partial charge in [-0.25, -0.2) is 0 Å². The summed E-state index contributed by atoms with van der Waals surface area (Å²) in [6.07, 6.45) is 0. The van der Waals surface area contributed by atoms with E-state index in [0.717, 1.165) is 5.56 Å². The first-order valence-electron chi connectivity index (χ1n) is 17.6. The van der Waals surface area contributed by atoms with E-state index in [9.17, 15) is 19.2 Å². The number of hydrogen-bond acceptors (Lipinski definition) is 13. The van der Waals surface area contributed by atoms with Crippen LogP contribution in [0.4, 0.5) is 11.4 Å². The fraction of sp³-hybridized carbons (Fsp3) is 0.600. The summed E-state index contributed by atoms with van der Waals surface area (Å²) in [4.78, 5) is 55.0. The number of rotatable bonds is 16. The van der Waals surface area contributed by atoms with Gasteiger partial charge in [-0.2, -0.15) is 0 Å². The predicted molar refractivity (Wildman–Crippen MR) is 203 cm³/mol. The molecule has 0 heterocycles. The SMILES string of the molecule is COc1ccc(OCCOc2cc(C)ccc2N(CC(=O)OC(C)(C)C)CC(=O)OC(C)(C)C)c(N(CC(=O)OC(C)(C)C)CC(=O)OC(C)(C)C)c1. The maximum Gasteiger partial charge on any atom is 0.326 e. The van der Waals surface area contributed by atoms with Crippen LogP contribution in [0.1, 0.15) is 88.6 Å². The lowest BCUT2D eigenvalue weighted by atomic mass is 10.1. The monoisotopic (exact) mass is 744 g/mol. The first-order valence-corrected chi connectivity index (χ1v) is 17.6. The molecule has 0 aliphatic rings. The smallest absolute Gasteiger partial charge is 0.326 e. The van der Waals surface area contributed by atoms with E-state index in [0.29, 0.717) is 28.6 Å². The van der Waals surface area contributed by atoms with Crippen LogP contribution in [0, 0.1) is 6.92 Å². The Morgan fingerprint density at radius 2 is 0.887 bits per heavy atom. The van der Waals surface area contributed by atoms with Crippen LogP contribution in [-0.4, -0.2) is 92.8 Å². The molecule has 0 atom stereocenters. The maximum atomic E-state index is 13.0. The van der Waals surface area contributed by atoms with Crippen LogP contribution in [-0.2, 0) is 38.1 Å². The van der Waals surface area contributed by atoms with Crippen molar-refractivity contribution in [3.63, 3.8) is 0 Å². The van der Waals surface area contributed by atoms with E-state index in [2.05, 4.69) is 0 Å². The van der Waals surface area contributed by atoms with Gasteiger partial charge in [0.25, 0.3) is 0 Å². The molecular formula is C40H60N2O11. The van der Waals surface area contributed by atoms with Gasteiger partial charge in [-0.05, 0) is 120 Å². The van der Waals surface area contributed by atoms with E-state index in [1.165, 1.54) is 12.0 Å². The molecule has 0 spiro atoms. The largest absolute Gasteiger partial charge is 0.497 e. The Balaban J connectivity index is 2.39. The van der Waals surface area contributed by atoms with Gasteiger partial charge in [-0.15, -0.1) is 0 Å². The first kappa shape index (κ1) is 44.5. The van der Waals surface area contributed by atoms with Gasteiger partial charge in [-0.3, -0.25) is 19.2 Å². The quantitative estimate of drug-likeness (QED) is 0.106. The number of carbonyl (C=O) groups is 4. The van der Waals surface area contributed by atoms with E-state index < -0.39 is 46.3 Å². The summed E-state index contributed by atoms with van der Waals surface area (Å²) < 4.78 is 40.1. The Morgan fingerprint density at radius 1 is 0.509 bits per heavy atom. The van der Waals surface area contributed by atoms with Gasteiger partial charge < -0.3 is 43.0 Å². The lowest BCUT2D eigenvalue weighted by Gasteiger charge is -2.29. The number of anilines is 2. The molecule has 0 aromatic heterocycles. The summed E-state index contributed by atoms with van der Waals surface area (Å²) in [6.45, 7) is 22.2. The number of methoxy groups -OCH3 is 1. The summed E-state index contributed by atoms with van der Waals surface area (Å²) in [5.74, 6) is -0.911. The third-order valence-corrected chi connectivity index (χ3v) is 6.52. The van der Waals surface area contributed by atoms with E-state index >= 15 is 0 Å². The number of esters is 4. The molecular weight excluding hydrogens is 684 g/mol. The van der Waals surface area contributed by atoms with Crippen LogP contribution in [0.2, 0.25) is 0 Å². The van der Waals surface area contributed by atoms with Crippen molar-refractivity contribution in [1.29, 1.82) is 0 Å². The summed E-state index contributed by atoms with van der Waals surface area (Å²) in [6, 6.07) is 10.5. The average molecular weight is 745 g/mol. The number of benzene rings is 2. The van der Waals surface area contributed by atoms with Crippen molar-refractivity contribution in [2.75, 3.05) is 56.3 Å². The van der Waals surface area contributed by atoms with E-state index in [-0.39, 0.29) is 39.4 Å². The molecule has 2 aromatic rings. The predicted octanol–water partition coefficient (Wildman–Crippen LogP) is 6.44. The Hall–Kier alpha value is -4.68. The van der Waals surface area contributed by atoms with Crippen LogP contribution in [0.25, 0.3) is 0 Å². The molecule has 0 bridgehead atoms.